The maximum atomic E-state index is 10.9. The maximum absolute atomic E-state index is 10.9. The zero-order valence-corrected chi connectivity index (χ0v) is 10.7. The topological polar surface area (TPSA) is 50.1 Å². The van der Waals surface area contributed by atoms with E-state index in [2.05, 4.69) is 22.0 Å². The van der Waals surface area contributed by atoms with E-state index in [0.29, 0.717) is 17.7 Å². The summed E-state index contributed by atoms with van der Waals surface area (Å²) in [7, 11) is 0. The number of ether oxygens (including phenoxy) is 1. The molecular formula is C12H12BrNO2. The van der Waals surface area contributed by atoms with E-state index in [-0.39, 0.29) is 11.9 Å². The average Bonchev–Trinajstić information content (AvgIpc) is 2.19. The van der Waals surface area contributed by atoms with Gasteiger partial charge in [-0.15, -0.1) is 0 Å². The van der Waals surface area contributed by atoms with Crippen LogP contribution >= 0.6 is 15.9 Å². The van der Waals surface area contributed by atoms with Crippen LogP contribution in [0.3, 0.4) is 0 Å². The molecular weight excluding hydrogens is 270 g/mol. The molecule has 0 aliphatic carbocycles. The Morgan fingerprint density at radius 1 is 1.62 bits per heavy atom. The fourth-order valence-corrected chi connectivity index (χ4v) is 1.72. The van der Waals surface area contributed by atoms with Gasteiger partial charge in [-0.3, -0.25) is 4.79 Å². The minimum Gasteiger partial charge on any atom is -0.489 e. The number of halogens is 1. The van der Waals surface area contributed by atoms with Crippen LogP contribution < -0.4 is 4.74 Å². The summed E-state index contributed by atoms with van der Waals surface area (Å²) < 4.78 is 6.37. The van der Waals surface area contributed by atoms with E-state index in [4.69, 9.17) is 10.00 Å². The first-order chi connectivity index (χ1) is 7.52. The number of rotatable bonds is 4. The predicted octanol–water partition coefficient (Wildman–Crippen LogP) is 3.07. The second-order valence-corrected chi connectivity index (χ2v) is 4.50. The second-order valence-electron chi connectivity index (χ2n) is 3.59. The van der Waals surface area contributed by atoms with Gasteiger partial charge in [0.15, 0.2) is 0 Å². The first-order valence-corrected chi connectivity index (χ1v) is 5.68. The highest BCUT2D eigenvalue weighted by Gasteiger charge is 2.10. The lowest BCUT2D eigenvalue weighted by molar-refractivity contribution is -0.118. The van der Waals surface area contributed by atoms with Gasteiger partial charge in [0.25, 0.3) is 0 Å². The van der Waals surface area contributed by atoms with Gasteiger partial charge < -0.3 is 4.74 Å². The molecule has 0 aliphatic heterocycles. The van der Waals surface area contributed by atoms with E-state index in [1.54, 1.807) is 18.2 Å². The molecule has 0 saturated heterocycles. The van der Waals surface area contributed by atoms with Gasteiger partial charge in [0.2, 0.25) is 0 Å². The summed E-state index contributed by atoms with van der Waals surface area (Å²) in [6.07, 6.45) is 0.131. The molecule has 1 unspecified atom stereocenters. The Morgan fingerprint density at radius 3 is 2.88 bits per heavy atom. The van der Waals surface area contributed by atoms with E-state index in [1.807, 2.05) is 6.92 Å². The van der Waals surface area contributed by atoms with Crippen LogP contribution in [0.1, 0.15) is 25.8 Å². The molecule has 0 heterocycles. The molecule has 0 fully saturated rings. The van der Waals surface area contributed by atoms with Crippen molar-refractivity contribution in [3.05, 3.63) is 28.2 Å². The molecule has 0 N–H and O–H groups in total. The minimum atomic E-state index is -0.217. The normalized spacial score (nSPS) is 11.6. The van der Waals surface area contributed by atoms with Gasteiger partial charge >= 0.3 is 0 Å². The van der Waals surface area contributed by atoms with Crippen LogP contribution in [0.15, 0.2) is 22.7 Å². The van der Waals surface area contributed by atoms with Crippen LogP contribution in [0.25, 0.3) is 0 Å². The summed E-state index contributed by atoms with van der Waals surface area (Å²) >= 11 is 3.28. The number of ketones is 1. The van der Waals surface area contributed by atoms with Gasteiger partial charge in [-0.2, -0.15) is 5.26 Å². The predicted molar refractivity (Wildman–Crippen MR) is 64.2 cm³/mol. The summed E-state index contributed by atoms with van der Waals surface area (Å²) in [5.41, 5.74) is 0.463. The lowest BCUT2D eigenvalue weighted by atomic mass is 10.2. The Labute approximate surface area is 103 Å². The molecule has 3 nitrogen and oxygen atoms in total. The van der Waals surface area contributed by atoms with E-state index < -0.39 is 0 Å². The van der Waals surface area contributed by atoms with Crippen molar-refractivity contribution in [2.45, 2.75) is 26.4 Å². The third kappa shape index (κ3) is 3.67. The highest BCUT2D eigenvalue weighted by molar-refractivity contribution is 9.10. The molecule has 1 aromatic carbocycles. The number of carbonyl (C=O) groups excluding carboxylic acids is 1. The van der Waals surface area contributed by atoms with Crippen LogP contribution in [0, 0.1) is 11.3 Å². The third-order valence-corrected chi connectivity index (χ3v) is 2.46. The van der Waals surface area contributed by atoms with Crippen molar-refractivity contribution in [2.75, 3.05) is 0 Å². The number of nitriles is 1. The Bertz CT molecular complexity index is 437. The maximum Gasteiger partial charge on any atom is 0.137 e. The van der Waals surface area contributed by atoms with Crippen molar-refractivity contribution in [3.63, 3.8) is 0 Å². The zero-order chi connectivity index (χ0) is 12.1. The van der Waals surface area contributed by atoms with Gasteiger partial charge in [0, 0.05) is 10.9 Å². The monoisotopic (exact) mass is 281 g/mol. The summed E-state index contributed by atoms with van der Waals surface area (Å²) in [5, 5.41) is 8.92. The number of benzene rings is 1. The van der Waals surface area contributed by atoms with Gasteiger partial charge in [0.1, 0.15) is 23.7 Å². The quantitative estimate of drug-likeness (QED) is 0.852. The Hall–Kier alpha value is -1.34. The minimum absolute atomic E-state index is 0.0723. The lowest BCUT2D eigenvalue weighted by Gasteiger charge is -2.14. The van der Waals surface area contributed by atoms with Crippen LogP contribution in [0.2, 0.25) is 0 Å². The van der Waals surface area contributed by atoms with Crippen LogP contribution in [0.4, 0.5) is 0 Å². The lowest BCUT2D eigenvalue weighted by Crippen LogP contribution is -2.15. The van der Waals surface area contributed by atoms with Crippen molar-refractivity contribution in [1.29, 1.82) is 5.26 Å². The SMILES string of the molecule is CC(=O)CC(C)Oc1ccc(Br)cc1C#N. The Morgan fingerprint density at radius 2 is 2.31 bits per heavy atom. The summed E-state index contributed by atoms with van der Waals surface area (Å²) in [6, 6.07) is 7.27. The Balaban J connectivity index is 2.81. The van der Waals surface area contributed by atoms with Crippen molar-refractivity contribution in [2.24, 2.45) is 0 Å². The van der Waals surface area contributed by atoms with Crippen LogP contribution in [-0.2, 0) is 4.79 Å². The van der Waals surface area contributed by atoms with Gasteiger partial charge in [-0.05, 0) is 32.0 Å². The summed E-state index contributed by atoms with van der Waals surface area (Å²) in [5.74, 6) is 0.586. The molecule has 84 valence electrons. The molecule has 0 aliphatic rings. The second kappa shape index (κ2) is 5.66. The first-order valence-electron chi connectivity index (χ1n) is 4.88. The third-order valence-electron chi connectivity index (χ3n) is 1.97. The first kappa shape index (κ1) is 12.7. The zero-order valence-electron chi connectivity index (χ0n) is 9.16. The number of hydrogen-bond acceptors (Lipinski definition) is 3. The average molecular weight is 282 g/mol. The van der Waals surface area contributed by atoms with Crippen molar-refractivity contribution < 1.29 is 9.53 Å². The molecule has 0 radical (unpaired) electrons. The highest BCUT2D eigenvalue weighted by Crippen LogP contribution is 2.23. The molecule has 0 aromatic heterocycles. The molecule has 0 saturated carbocycles. The number of carbonyl (C=O) groups is 1. The smallest absolute Gasteiger partial charge is 0.137 e. The van der Waals surface area contributed by atoms with Crippen molar-refractivity contribution in [1.82, 2.24) is 0 Å². The number of nitrogens with zero attached hydrogens (tertiary/aromatic N) is 1. The molecule has 16 heavy (non-hydrogen) atoms. The molecule has 0 spiro atoms. The van der Waals surface area contributed by atoms with E-state index >= 15 is 0 Å². The van der Waals surface area contributed by atoms with E-state index in [9.17, 15) is 4.79 Å². The highest BCUT2D eigenvalue weighted by atomic mass is 79.9. The molecule has 4 heteroatoms. The molecule has 0 bridgehead atoms. The summed E-state index contributed by atoms with van der Waals surface area (Å²) in [4.78, 5) is 10.9. The standard InChI is InChI=1S/C12H12BrNO2/c1-8(15)5-9(2)16-12-4-3-11(13)6-10(12)7-14/h3-4,6,9H,5H2,1-2H3. The van der Waals surface area contributed by atoms with Gasteiger partial charge in [0.05, 0.1) is 5.56 Å². The summed E-state index contributed by atoms with van der Waals surface area (Å²) in [6.45, 7) is 3.33. The van der Waals surface area contributed by atoms with Gasteiger partial charge in [-0.1, -0.05) is 15.9 Å². The van der Waals surface area contributed by atoms with E-state index in [0.717, 1.165) is 4.47 Å². The molecule has 1 rings (SSSR count). The fraction of sp³-hybridized carbons (Fsp3) is 0.333. The van der Waals surface area contributed by atoms with Crippen LogP contribution in [0.5, 0.6) is 5.75 Å². The number of Topliss-reactive ketones (excluding diaryl/α,β-unsaturated/α-hetero) is 1. The van der Waals surface area contributed by atoms with E-state index in [1.165, 1.54) is 6.92 Å². The van der Waals surface area contributed by atoms with Gasteiger partial charge in [-0.25, -0.2) is 0 Å². The fourth-order valence-electron chi connectivity index (χ4n) is 1.36. The largest absolute Gasteiger partial charge is 0.489 e. The Kier molecular flexibility index (Phi) is 4.51. The number of hydrogen-bond donors (Lipinski definition) is 0. The van der Waals surface area contributed by atoms with Crippen LogP contribution in [-0.4, -0.2) is 11.9 Å². The molecule has 1 aromatic rings. The molecule has 0 amide bonds. The van der Waals surface area contributed by atoms with Crippen molar-refractivity contribution >= 4 is 21.7 Å². The van der Waals surface area contributed by atoms with Crippen molar-refractivity contribution in [3.8, 4) is 11.8 Å². The molecule has 1 atom stereocenters.